The van der Waals surface area contributed by atoms with Gasteiger partial charge in [0.2, 0.25) is 0 Å². The van der Waals surface area contributed by atoms with Gasteiger partial charge in [0.1, 0.15) is 6.07 Å². The van der Waals surface area contributed by atoms with Crippen LogP contribution in [0, 0.1) is 21.4 Å². The van der Waals surface area contributed by atoms with Gasteiger partial charge in [-0.25, -0.2) is 4.79 Å². The highest BCUT2D eigenvalue weighted by molar-refractivity contribution is 6.38. The molecule has 0 radical (unpaired) electrons. The molecule has 0 bridgehead atoms. The van der Waals surface area contributed by atoms with Crippen LogP contribution in [0.4, 0.5) is 11.4 Å². The van der Waals surface area contributed by atoms with Gasteiger partial charge in [-0.1, -0.05) is 23.2 Å². The minimum Gasteiger partial charge on any atom is -0.464 e. The molecule has 0 aliphatic heterocycles. The first-order chi connectivity index (χ1) is 10.8. The van der Waals surface area contributed by atoms with Crippen molar-refractivity contribution >= 4 is 40.5 Å². The van der Waals surface area contributed by atoms with Gasteiger partial charge in [0, 0.05) is 18.3 Å². The lowest BCUT2D eigenvalue weighted by Crippen LogP contribution is -2.11. The van der Waals surface area contributed by atoms with Crippen LogP contribution in [-0.4, -0.2) is 22.6 Å². The van der Waals surface area contributed by atoms with E-state index in [-0.39, 0.29) is 38.4 Å². The van der Waals surface area contributed by atoms with Gasteiger partial charge < -0.3 is 15.0 Å². The molecule has 0 aliphatic rings. The minimum atomic E-state index is -0.811. The molecule has 0 unspecified atom stereocenters. The van der Waals surface area contributed by atoms with Gasteiger partial charge in [-0.15, -0.1) is 0 Å². The lowest BCUT2D eigenvalue weighted by Gasteiger charge is -2.12. The molecule has 2 rings (SSSR count). The lowest BCUT2D eigenvalue weighted by atomic mass is 10.2. The molecule has 10 heteroatoms. The number of hydrogen-bond donors (Lipinski definition) is 1. The molecule has 0 amide bonds. The van der Waals surface area contributed by atoms with Gasteiger partial charge in [0.25, 0.3) is 5.69 Å². The van der Waals surface area contributed by atoms with Gasteiger partial charge in [-0.05, 0) is 0 Å². The molecule has 23 heavy (non-hydrogen) atoms. The Morgan fingerprint density at radius 2 is 2.00 bits per heavy atom. The number of carbonyl (C=O) groups is 1. The van der Waals surface area contributed by atoms with Crippen molar-refractivity contribution in [1.29, 1.82) is 5.26 Å². The minimum absolute atomic E-state index is 0.0101. The Balaban J connectivity index is 2.80. The summed E-state index contributed by atoms with van der Waals surface area (Å²) in [4.78, 5) is 22.1. The lowest BCUT2D eigenvalue weighted by molar-refractivity contribution is -0.384. The summed E-state index contributed by atoms with van der Waals surface area (Å²) in [5, 5.41) is 19.7. The van der Waals surface area contributed by atoms with Crippen LogP contribution in [0.25, 0.3) is 5.69 Å². The first-order valence-electron chi connectivity index (χ1n) is 5.94. The highest BCUT2D eigenvalue weighted by Gasteiger charge is 2.25. The van der Waals surface area contributed by atoms with Crippen molar-refractivity contribution in [3.05, 3.63) is 49.7 Å². The Labute approximate surface area is 139 Å². The molecule has 0 spiro atoms. The number of nitrogens with zero attached hydrogens (tertiary/aromatic N) is 3. The van der Waals surface area contributed by atoms with E-state index in [0.717, 1.165) is 19.2 Å². The number of nitrogens with two attached hydrogens (primary N) is 1. The van der Waals surface area contributed by atoms with Gasteiger partial charge in [-0.2, -0.15) is 5.26 Å². The average molecular weight is 355 g/mol. The summed E-state index contributed by atoms with van der Waals surface area (Å²) in [7, 11) is 1.14. The van der Waals surface area contributed by atoms with Crippen molar-refractivity contribution in [3.8, 4) is 11.8 Å². The van der Waals surface area contributed by atoms with E-state index >= 15 is 0 Å². The summed E-state index contributed by atoms with van der Waals surface area (Å²) in [6.07, 6.45) is 1.25. The van der Waals surface area contributed by atoms with Crippen molar-refractivity contribution in [2.45, 2.75) is 0 Å². The number of benzene rings is 1. The van der Waals surface area contributed by atoms with E-state index in [2.05, 4.69) is 4.74 Å². The van der Waals surface area contributed by atoms with Crippen LogP contribution in [0.3, 0.4) is 0 Å². The molecule has 1 heterocycles. The maximum Gasteiger partial charge on any atom is 0.357 e. The second-order valence-electron chi connectivity index (χ2n) is 4.29. The maximum atomic E-state index is 11.9. The van der Waals surface area contributed by atoms with E-state index in [9.17, 15) is 14.9 Å². The Morgan fingerprint density at radius 1 is 1.43 bits per heavy atom. The summed E-state index contributed by atoms with van der Waals surface area (Å²) in [6, 6.07) is 3.98. The standard InChI is InChI=1S/C13H8Cl2N4O4/c1-23-13(20)12-10(17)6(4-16)5-18(12)11-8(14)2-7(19(21)22)3-9(11)15/h2-3,5H,17H2,1H3. The summed E-state index contributed by atoms with van der Waals surface area (Å²) in [5.74, 6) is -0.811. The molecule has 2 aromatic rings. The third-order valence-corrected chi connectivity index (χ3v) is 3.57. The Morgan fingerprint density at radius 3 is 2.43 bits per heavy atom. The topological polar surface area (TPSA) is 124 Å². The normalized spacial score (nSPS) is 10.2. The molecule has 0 aliphatic carbocycles. The summed E-state index contributed by atoms with van der Waals surface area (Å²) >= 11 is 12.1. The molecule has 8 nitrogen and oxygen atoms in total. The average Bonchev–Trinajstić information content (AvgIpc) is 2.82. The van der Waals surface area contributed by atoms with Crippen LogP contribution in [0.2, 0.25) is 10.0 Å². The number of nitro benzene ring substituents is 1. The monoisotopic (exact) mass is 354 g/mol. The second kappa shape index (κ2) is 6.16. The third kappa shape index (κ3) is 2.79. The number of aromatic nitrogens is 1. The first-order valence-corrected chi connectivity index (χ1v) is 6.70. The van der Waals surface area contributed by atoms with Crippen LogP contribution in [0.15, 0.2) is 18.3 Å². The first kappa shape index (κ1) is 16.6. The van der Waals surface area contributed by atoms with Crippen molar-refractivity contribution in [3.63, 3.8) is 0 Å². The van der Waals surface area contributed by atoms with Gasteiger partial charge in [0.15, 0.2) is 5.69 Å². The van der Waals surface area contributed by atoms with E-state index in [1.165, 1.54) is 10.8 Å². The number of halogens is 2. The highest BCUT2D eigenvalue weighted by Crippen LogP contribution is 2.36. The number of non-ortho nitro benzene ring substituents is 1. The van der Waals surface area contributed by atoms with E-state index in [0.29, 0.717) is 0 Å². The predicted octanol–water partition coefficient (Wildman–Crippen LogP) is 2.93. The number of nitro groups is 1. The summed E-state index contributed by atoms with van der Waals surface area (Å²) in [5.41, 5.74) is 5.28. The van der Waals surface area contributed by atoms with Crippen LogP contribution >= 0.6 is 23.2 Å². The molecule has 2 N–H and O–H groups in total. The van der Waals surface area contributed by atoms with Crippen molar-refractivity contribution < 1.29 is 14.5 Å². The molecular weight excluding hydrogens is 347 g/mol. The van der Waals surface area contributed by atoms with Gasteiger partial charge in [0.05, 0.1) is 39.0 Å². The molecule has 118 valence electrons. The SMILES string of the molecule is COC(=O)c1c(N)c(C#N)cn1-c1c(Cl)cc([N+](=O)[O-])cc1Cl. The third-order valence-electron chi connectivity index (χ3n) is 3.00. The number of esters is 1. The largest absolute Gasteiger partial charge is 0.464 e. The zero-order valence-corrected chi connectivity index (χ0v) is 13.1. The summed E-state index contributed by atoms with van der Waals surface area (Å²) < 4.78 is 5.81. The number of nitriles is 1. The molecule has 1 aromatic heterocycles. The fourth-order valence-corrected chi connectivity index (χ4v) is 2.64. The van der Waals surface area contributed by atoms with Crippen molar-refractivity contribution in [2.75, 3.05) is 12.8 Å². The number of rotatable bonds is 3. The summed E-state index contributed by atoms with van der Waals surface area (Å²) in [6.45, 7) is 0. The van der Waals surface area contributed by atoms with Gasteiger partial charge >= 0.3 is 5.97 Å². The van der Waals surface area contributed by atoms with Crippen LogP contribution in [-0.2, 0) is 4.74 Å². The highest BCUT2D eigenvalue weighted by atomic mass is 35.5. The predicted molar refractivity (Wildman–Crippen MR) is 82.9 cm³/mol. The fraction of sp³-hybridized carbons (Fsp3) is 0.0769. The number of methoxy groups -OCH3 is 1. The number of carbonyl (C=O) groups excluding carboxylic acids is 1. The van der Waals surface area contributed by atoms with Gasteiger partial charge in [-0.3, -0.25) is 10.1 Å². The molecule has 0 saturated heterocycles. The Bertz CT molecular complexity index is 847. The van der Waals surface area contributed by atoms with E-state index in [1.807, 2.05) is 6.07 Å². The van der Waals surface area contributed by atoms with E-state index in [1.54, 1.807) is 0 Å². The van der Waals surface area contributed by atoms with E-state index < -0.39 is 10.9 Å². The molecule has 0 saturated carbocycles. The fourth-order valence-electron chi connectivity index (χ4n) is 1.98. The zero-order chi connectivity index (χ0) is 17.3. The van der Waals surface area contributed by atoms with Crippen molar-refractivity contribution in [2.24, 2.45) is 0 Å². The molecular formula is C13H8Cl2N4O4. The molecule has 1 aromatic carbocycles. The van der Waals surface area contributed by atoms with Crippen molar-refractivity contribution in [1.82, 2.24) is 4.57 Å². The Kier molecular flexibility index (Phi) is 4.45. The molecule has 0 atom stereocenters. The number of ether oxygens (including phenoxy) is 1. The smallest absolute Gasteiger partial charge is 0.357 e. The number of anilines is 1. The second-order valence-corrected chi connectivity index (χ2v) is 5.11. The number of hydrogen-bond acceptors (Lipinski definition) is 6. The zero-order valence-electron chi connectivity index (χ0n) is 11.5. The molecule has 0 fully saturated rings. The maximum absolute atomic E-state index is 11.9. The van der Waals surface area contributed by atoms with Crippen LogP contribution < -0.4 is 5.73 Å². The number of nitrogen functional groups attached to an aromatic ring is 1. The van der Waals surface area contributed by atoms with Crippen LogP contribution in [0.5, 0.6) is 0 Å². The Hall–Kier alpha value is -2.76. The quantitative estimate of drug-likeness (QED) is 0.513. The van der Waals surface area contributed by atoms with Crippen LogP contribution in [0.1, 0.15) is 16.1 Å². The van der Waals surface area contributed by atoms with E-state index in [4.69, 9.17) is 34.2 Å².